The topological polar surface area (TPSA) is 31.4 Å². The van der Waals surface area contributed by atoms with Gasteiger partial charge < -0.3 is 9.47 Å². The van der Waals surface area contributed by atoms with Crippen LogP contribution in [0.1, 0.15) is 5.56 Å². The minimum atomic E-state index is 0.446. The molecular formula is C13H12ClNO2. The third-order valence-electron chi connectivity index (χ3n) is 2.24. The average molecular weight is 250 g/mol. The zero-order chi connectivity index (χ0) is 12.1. The van der Waals surface area contributed by atoms with E-state index in [-0.39, 0.29) is 0 Å². The first-order chi connectivity index (χ1) is 8.31. The lowest BCUT2D eigenvalue weighted by molar-refractivity contribution is 0.412. The van der Waals surface area contributed by atoms with Crippen LogP contribution in [0.4, 0.5) is 0 Å². The highest BCUT2D eigenvalue weighted by molar-refractivity contribution is 6.17. The zero-order valence-corrected chi connectivity index (χ0v) is 10.1. The Hall–Kier alpha value is -1.74. The molecule has 0 saturated carbocycles. The largest absolute Gasteiger partial charge is 0.497 e. The number of alkyl halides is 1. The third kappa shape index (κ3) is 3.11. The molecule has 88 valence electrons. The first-order valence-electron chi connectivity index (χ1n) is 5.14. The maximum absolute atomic E-state index is 5.74. The van der Waals surface area contributed by atoms with Gasteiger partial charge in [0.1, 0.15) is 11.5 Å². The van der Waals surface area contributed by atoms with Gasteiger partial charge in [0.15, 0.2) is 0 Å². The summed E-state index contributed by atoms with van der Waals surface area (Å²) in [5.41, 5.74) is 0.977. The van der Waals surface area contributed by atoms with Crippen LogP contribution in [0, 0.1) is 0 Å². The van der Waals surface area contributed by atoms with E-state index in [9.17, 15) is 0 Å². The van der Waals surface area contributed by atoms with E-state index in [0.717, 1.165) is 11.3 Å². The summed E-state index contributed by atoms with van der Waals surface area (Å²) in [6.07, 6.45) is 1.68. The second-order valence-electron chi connectivity index (χ2n) is 3.41. The van der Waals surface area contributed by atoms with Crippen LogP contribution in [-0.4, -0.2) is 12.1 Å². The normalized spacial score (nSPS) is 10.0. The van der Waals surface area contributed by atoms with Crippen molar-refractivity contribution in [1.82, 2.24) is 4.98 Å². The highest BCUT2D eigenvalue weighted by atomic mass is 35.5. The van der Waals surface area contributed by atoms with Gasteiger partial charge in [-0.3, -0.25) is 0 Å². The quantitative estimate of drug-likeness (QED) is 0.776. The monoisotopic (exact) mass is 249 g/mol. The van der Waals surface area contributed by atoms with Gasteiger partial charge in [-0.1, -0.05) is 0 Å². The highest BCUT2D eigenvalue weighted by Crippen LogP contribution is 2.22. The van der Waals surface area contributed by atoms with Gasteiger partial charge in [0.05, 0.1) is 7.11 Å². The summed E-state index contributed by atoms with van der Waals surface area (Å²) >= 11 is 5.74. The van der Waals surface area contributed by atoms with E-state index < -0.39 is 0 Å². The number of hydrogen-bond donors (Lipinski definition) is 0. The molecule has 0 radical (unpaired) electrons. The Morgan fingerprint density at radius 1 is 1.12 bits per heavy atom. The maximum Gasteiger partial charge on any atom is 0.219 e. The van der Waals surface area contributed by atoms with E-state index in [0.29, 0.717) is 17.5 Å². The number of aromatic nitrogens is 1. The van der Waals surface area contributed by atoms with Gasteiger partial charge >= 0.3 is 0 Å². The number of ether oxygens (including phenoxy) is 2. The predicted octanol–water partition coefficient (Wildman–Crippen LogP) is 3.62. The smallest absolute Gasteiger partial charge is 0.219 e. The summed E-state index contributed by atoms with van der Waals surface area (Å²) < 4.78 is 10.7. The van der Waals surface area contributed by atoms with Crippen LogP contribution < -0.4 is 9.47 Å². The lowest BCUT2D eigenvalue weighted by Gasteiger charge is -2.06. The molecule has 2 rings (SSSR count). The molecule has 2 aromatic rings. The molecule has 0 aliphatic heterocycles. The molecule has 0 bridgehead atoms. The zero-order valence-electron chi connectivity index (χ0n) is 9.39. The number of halogens is 1. The molecule has 3 nitrogen and oxygen atoms in total. The van der Waals surface area contributed by atoms with E-state index in [1.807, 2.05) is 36.4 Å². The molecule has 0 spiro atoms. The molecule has 4 heteroatoms. The van der Waals surface area contributed by atoms with Crippen molar-refractivity contribution >= 4 is 11.6 Å². The van der Waals surface area contributed by atoms with E-state index in [2.05, 4.69) is 4.98 Å². The Morgan fingerprint density at radius 3 is 2.47 bits per heavy atom. The Bertz CT molecular complexity index is 485. The van der Waals surface area contributed by atoms with E-state index >= 15 is 0 Å². The first-order valence-corrected chi connectivity index (χ1v) is 5.68. The second kappa shape index (κ2) is 5.55. The summed E-state index contributed by atoms with van der Waals surface area (Å²) in [4.78, 5) is 4.11. The van der Waals surface area contributed by atoms with Crippen LogP contribution in [0.25, 0.3) is 0 Å². The molecule has 1 aromatic heterocycles. The summed E-state index contributed by atoms with van der Waals surface area (Å²) in [7, 11) is 1.63. The fourth-order valence-electron chi connectivity index (χ4n) is 1.35. The van der Waals surface area contributed by atoms with Crippen molar-refractivity contribution in [3.8, 4) is 17.4 Å². The van der Waals surface area contributed by atoms with Crippen molar-refractivity contribution in [1.29, 1.82) is 0 Å². The molecule has 0 N–H and O–H groups in total. The summed E-state index contributed by atoms with van der Waals surface area (Å²) in [6, 6.07) is 11.0. The lowest BCUT2D eigenvalue weighted by atomic mass is 10.3. The van der Waals surface area contributed by atoms with Crippen molar-refractivity contribution in [2.24, 2.45) is 0 Å². The van der Waals surface area contributed by atoms with Gasteiger partial charge in [-0.15, -0.1) is 11.6 Å². The molecule has 0 fully saturated rings. The maximum atomic E-state index is 5.74. The van der Waals surface area contributed by atoms with Crippen LogP contribution in [0.3, 0.4) is 0 Å². The molecule has 1 heterocycles. The SMILES string of the molecule is COc1ccc(Oc2cc(CCl)ccn2)cc1. The van der Waals surface area contributed by atoms with E-state index in [4.69, 9.17) is 21.1 Å². The molecule has 0 aliphatic carbocycles. The van der Waals surface area contributed by atoms with Crippen molar-refractivity contribution in [3.63, 3.8) is 0 Å². The fraction of sp³-hybridized carbons (Fsp3) is 0.154. The van der Waals surface area contributed by atoms with Crippen LogP contribution in [0.2, 0.25) is 0 Å². The van der Waals surface area contributed by atoms with Crippen molar-refractivity contribution < 1.29 is 9.47 Å². The number of hydrogen-bond acceptors (Lipinski definition) is 3. The van der Waals surface area contributed by atoms with Gasteiger partial charge in [0, 0.05) is 18.1 Å². The fourth-order valence-corrected chi connectivity index (χ4v) is 1.52. The number of rotatable bonds is 4. The Labute approximate surface area is 105 Å². The highest BCUT2D eigenvalue weighted by Gasteiger charge is 2.00. The van der Waals surface area contributed by atoms with Gasteiger partial charge in [-0.2, -0.15) is 0 Å². The number of pyridine rings is 1. The molecule has 0 amide bonds. The lowest BCUT2D eigenvalue weighted by Crippen LogP contribution is -1.89. The Kier molecular flexibility index (Phi) is 3.83. The van der Waals surface area contributed by atoms with Crippen LogP contribution in [0.5, 0.6) is 17.4 Å². The molecule has 0 atom stereocenters. The summed E-state index contributed by atoms with van der Waals surface area (Å²) in [6.45, 7) is 0. The molecule has 0 unspecified atom stereocenters. The minimum Gasteiger partial charge on any atom is -0.497 e. The van der Waals surface area contributed by atoms with Crippen molar-refractivity contribution in [3.05, 3.63) is 48.2 Å². The molecule has 17 heavy (non-hydrogen) atoms. The standard InChI is InChI=1S/C13H12ClNO2/c1-16-11-2-4-12(5-3-11)17-13-8-10(9-14)6-7-15-13/h2-8H,9H2,1H3. The van der Waals surface area contributed by atoms with Gasteiger partial charge in [-0.05, 0) is 35.9 Å². The van der Waals surface area contributed by atoms with E-state index in [1.165, 1.54) is 0 Å². The number of benzene rings is 1. The van der Waals surface area contributed by atoms with E-state index in [1.54, 1.807) is 13.3 Å². The molecule has 0 aliphatic rings. The summed E-state index contributed by atoms with van der Waals surface area (Å²) in [5.74, 6) is 2.49. The van der Waals surface area contributed by atoms with Crippen molar-refractivity contribution in [2.75, 3.05) is 7.11 Å². The van der Waals surface area contributed by atoms with Crippen molar-refractivity contribution in [2.45, 2.75) is 5.88 Å². The number of methoxy groups -OCH3 is 1. The molecule has 1 aromatic carbocycles. The van der Waals surface area contributed by atoms with Gasteiger partial charge in [-0.25, -0.2) is 4.98 Å². The minimum absolute atomic E-state index is 0.446. The molecular weight excluding hydrogens is 238 g/mol. The van der Waals surface area contributed by atoms with Crippen LogP contribution in [-0.2, 0) is 5.88 Å². The van der Waals surface area contributed by atoms with Gasteiger partial charge in [0.25, 0.3) is 0 Å². The predicted molar refractivity (Wildman–Crippen MR) is 66.9 cm³/mol. The van der Waals surface area contributed by atoms with Gasteiger partial charge in [0.2, 0.25) is 5.88 Å². The average Bonchev–Trinajstić information content (AvgIpc) is 2.40. The van der Waals surface area contributed by atoms with Crippen LogP contribution in [0.15, 0.2) is 42.6 Å². The first kappa shape index (κ1) is 11.7. The molecule has 0 saturated heterocycles. The third-order valence-corrected chi connectivity index (χ3v) is 2.54. The Morgan fingerprint density at radius 2 is 1.82 bits per heavy atom. The summed E-state index contributed by atoms with van der Waals surface area (Å²) in [5, 5.41) is 0. The Balaban J connectivity index is 2.13. The van der Waals surface area contributed by atoms with Crippen LogP contribution >= 0.6 is 11.6 Å². The second-order valence-corrected chi connectivity index (χ2v) is 3.68. The number of nitrogens with zero attached hydrogens (tertiary/aromatic N) is 1.